The molecule has 2 aromatic rings. The average molecular weight is 363 g/mol. The molecule has 2 aliphatic rings. The predicted molar refractivity (Wildman–Crippen MR) is 95.6 cm³/mol. The number of hydrogen-bond donors (Lipinski definition) is 0. The minimum Gasteiger partial charge on any atom is -0.467 e. The SMILES string of the molecule is Fc1ccc(N2CCN(Cc3cc(Cl)cc4c3OCOC4)CC2)cc1. The Bertz CT molecular complexity index is 746. The third-order valence-corrected chi connectivity index (χ3v) is 4.93. The molecule has 4 rings (SSSR count). The summed E-state index contributed by atoms with van der Waals surface area (Å²) >= 11 is 6.25. The molecule has 25 heavy (non-hydrogen) atoms. The number of ether oxygens (including phenoxy) is 2. The van der Waals surface area contributed by atoms with Gasteiger partial charge in [0.25, 0.3) is 0 Å². The predicted octanol–water partition coefficient (Wildman–Crippen LogP) is 3.67. The van der Waals surface area contributed by atoms with Crippen molar-refractivity contribution < 1.29 is 13.9 Å². The van der Waals surface area contributed by atoms with Gasteiger partial charge in [-0.1, -0.05) is 11.6 Å². The van der Waals surface area contributed by atoms with Gasteiger partial charge in [-0.15, -0.1) is 0 Å². The first-order valence-electron chi connectivity index (χ1n) is 8.44. The summed E-state index contributed by atoms with van der Waals surface area (Å²) < 4.78 is 24.1. The molecule has 132 valence electrons. The molecule has 2 aliphatic heterocycles. The molecule has 0 radical (unpaired) electrons. The van der Waals surface area contributed by atoms with Crippen LogP contribution < -0.4 is 9.64 Å². The molecule has 2 aromatic carbocycles. The minimum atomic E-state index is -0.197. The van der Waals surface area contributed by atoms with Crippen molar-refractivity contribution in [3.05, 3.63) is 58.4 Å². The van der Waals surface area contributed by atoms with Crippen molar-refractivity contribution in [1.29, 1.82) is 0 Å². The fourth-order valence-corrected chi connectivity index (χ4v) is 3.69. The fourth-order valence-electron chi connectivity index (χ4n) is 3.43. The number of benzene rings is 2. The smallest absolute Gasteiger partial charge is 0.189 e. The fraction of sp³-hybridized carbons (Fsp3) is 0.368. The van der Waals surface area contributed by atoms with E-state index in [1.807, 2.05) is 24.3 Å². The summed E-state index contributed by atoms with van der Waals surface area (Å²) in [4.78, 5) is 4.68. The first kappa shape index (κ1) is 16.6. The largest absolute Gasteiger partial charge is 0.467 e. The van der Waals surface area contributed by atoms with Gasteiger partial charge in [-0.25, -0.2) is 4.39 Å². The molecule has 0 bridgehead atoms. The summed E-state index contributed by atoms with van der Waals surface area (Å²) in [6.45, 7) is 5.35. The number of rotatable bonds is 3. The van der Waals surface area contributed by atoms with Gasteiger partial charge in [0.2, 0.25) is 0 Å². The van der Waals surface area contributed by atoms with Crippen LogP contribution in [0.4, 0.5) is 10.1 Å². The van der Waals surface area contributed by atoms with E-state index >= 15 is 0 Å². The maximum absolute atomic E-state index is 13.1. The molecule has 0 spiro atoms. The van der Waals surface area contributed by atoms with Crippen molar-refractivity contribution in [2.75, 3.05) is 37.9 Å². The lowest BCUT2D eigenvalue weighted by Crippen LogP contribution is -2.46. The Morgan fingerprint density at radius 1 is 1.04 bits per heavy atom. The van der Waals surface area contributed by atoms with Crippen LogP contribution >= 0.6 is 11.6 Å². The third-order valence-electron chi connectivity index (χ3n) is 4.71. The molecule has 1 fully saturated rings. The van der Waals surface area contributed by atoms with Gasteiger partial charge in [0.1, 0.15) is 11.6 Å². The van der Waals surface area contributed by atoms with E-state index in [0.29, 0.717) is 18.4 Å². The van der Waals surface area contributed by atoms with E-state index in [0.717, 1.165) is 55.3 Å². The van der Waals surface area contributed by atoms with Gasteiger partial charge in [0.05, 0.1) is 6.61 Å². The number of halogens is 2. The molecule has 4 nitrogen and oxygen atoms in total. The van der Waals surface area contributed by atoms with E-state index in [9.17, 15) is 4.39 Å². The molecule has 0 aromatic heterocycles. The Morgan fingerprint density at radius 2 is 1.80 bits per heavy atom. The summed E-state index contributed by atoms with van der Waals surface area (Å²) in [6, 6.07) is 10.6. The van der Waals surface area contributed by atoms with E-state index in [1.165, 1.54) is 12.1 Å². The first-order valence-corrected chi connectivity index (χ1v) is 8.81. The number of piperazine rings is 1. The second kappa shape index (κ2) is 7.20. The number of fused-ring (bicyclic) bond motifs is 1. The Morgan fingerprint density at radius 3 is 2.56 bits per heavy atom. The summed E-state index contributed by atoms with van der Waals surface area (Å²) in [7, 11) is 0. The van der Waals surface area contributed by atoms with Crippen LogP contribution in [-0.4, -0.2) is 37.9 Å². The zero-order valence-corrected chi connectivity index (χ0v) is 14.6. The highest BCUT2D eigenvalue weighted by atomic mass is 35.5. The molecule has 0 amide bonds. The molecule has 0 saturated carbocycles. The van der Waals surface area contributed by atoms with Crippen LogP contribution in [0.15, 0.2) is 36.4 Å². The van der Waals surface area contributed by atoms with Crippen molar-refractivity contribution in [1.82, 2.24) is 4.90 Å². The number of nitrogens with zero attached hydrogens (tertiary/aromatic N) is 2. The summed E-state index contributed by atoms with van der Waals surface area (Å²) in [5, 5.41) is 0.716. The quantitative estimate of drug-likeness (QED) is 0.831. The topological polar surface area (TPSA) is 24.9 Å². The summed E-state index contributed by atoms with van der Waals surface area (Å²) in [6.07, 6.45) is 0. The molecule has 0 aliphatic carbocycles. The maximum Gasteiger partial charge on any atom is 0.189 e. The van der Waals surface area contributed by atoms with E-state index in [2.05, 4.69) is 9.80 Å². The lowest BCUT2D eigenvalue weighted by atomic mass is 10.1. The number of hydrogen-bond acceptors (Lipinski definition) is 4. The Kier molecular flexibility index (Phi) is 4.79. The van der Waals surface area contributed by atoms with Crippen LogP contribution in [0.2, 0.25) is 5.02 Å². The third kappa shape index (κ3) is 3.73. The average Bonchev–Trinajstić information content (AvgIpc) is 2.63. The molecule has 2 heterocycles. The first-order chi connectivity index (χ1) is 12.2. The summed E-state index contributed by atoms with van der Waals surface area (Å²) in [5.74, 6) is 0.716. The standard InChI is InChI=1S/C19H20ClFN2O2/c20-16-9-14(19-15(10-16)12-24-13-25-19)11-22-5-7-23(8-6-22)18-3-1-17(21)2-4-18/h1-4,9-10H,5-8,11-13H2. The zero-order chi connectivity index (χ0) is 17.2. The van der Waals surface area contributed by atoms with Gasteiger partial charge < -0.3 is 14.4 Å². The molecule has 6 heteroatoms. The van der Waals surface area contributed by atoms with Gasteiger partial charge >= 0.3 is 0 Å². The van der Waals surface area contributed by atoms with Gasteiger partial charge in [-0.05, 0) is 36.4 Å². The van der Waals surface area contributed by atoms with Crippen LogP contribution in [-0.2, 0) is 17.9 Å². The van der Waals surface area contributed by atoms with Crippen LogP contribution in [0.25, 0.3) is 0 Å². The van der Waals surface area contributed by atoms with E-state index in [4.69, 9.17) is 21.1 Å². The second-order valence-corrected chi connectivity index (χ2v) is 6.84. The van der Waals surface area contributed by atoms with Crippen molar-refractivity contribution in [3.8, 4) is 5.75 Å². The molecule has 0 unspecified atom stereocenters. The van der Waals surface area contributed by atoms with Gasteiger partial charge in [-0.3, -0.25) is 4.90 Å². The Balaban J connectivity index is 1.42. The van der Waals surface area contributed by atoms with Crippen LogP contribution in [0.5, 0.6) is 5.75 Å². The molecule has 1 saturated heterocycles. The van der Waals surface area contributed by atoms with Gasteiger partial charge in [0.15, 0.2) is 6.79 Å². The molecular formula is C19H20ClFN2O2. The maximum atomic E-state index is 13.1. The van der Waals surface area contributed by atoms with E-state index < -0.39 is 0 Å². The van der Waals surface area contributed by atoms with E-state index in [-0.39, 0.29) is 5.82 Å². The van der Waals surface area contributed by atoms with Crippen LogP contribution in [0.3, 0.4) is 0 Å². The molecule has 0 N–H and O–H groups in total. The molecule has 0 atom stereocenters. The Labute approximate surface area is 151 Å². The van der Waals surface area contributed by atoms with E-state index in [1.54, 1.807) is 0 Å². The zero-order valence-electron chi connectivity index (χ0n) is 13.9. The lowest BCUT2D eigenvalue weighted by Gasteiger charge is -2.36. The number of anilines is 1. The normalized spacial score (nSPS) is 17.9. The van der Waals surface area contributed by atoms with Crippen molar-refractivity contribution in [2.45, 2.75) is 13.2 Å². The molecular weight excluding hydrogens is 343 g/mol. The Hall–Kier alpha value is -1.82. The highest BCUT2D eigenvalue weighted by Crippen LogP contribution is 2.32. The van der Waals surface area contributed by atoms with Gasteiger partial charge in [-0.2, -0.15) is 0 Å². The second-order valence-electron chi connectivity index (χ2n) is 6.40. The van der Waals surface area contributed by atoms with Crippen molar-refractivity contribution in [2.24, 2.45) is 0 Å². The highest BCUT2D eigenvalue weighted by Gasteiger charge is 2.21. The van der Waals surface area contributed by atoms with Crippen molar-refractivity contribution >= 4 is 17.3 Å². The van der Waals surface area contributed by atoms with Crippen LogP contribution in [0.1, 0.15) is 11.1 Å². The van der Waals surface area contributed by atoms with Crippen LogP contribution in [0, 0.1) is 5.82 Å². The lowest BCUT2D eigenvalue weighted by molar-refractivity contribution is -0.0174. The van der Waals surface area contributed by atoms with Gasteiger partial charge in [0, 0.05) is 54.6 Å². The monoisotopic (exact) mass is 362 g/mol. The van der Waals surface area contributed by atoms with Crippen molar-refractivity contribution in [3.63, 3.8) is 0 Å². The summed E-state index contributed by atoms with van der Waals surface area (Å²) in [5.41, 5.74) is 3.20. The highest BCUT2D eigenvalue weighted by molar-refractivity contribution is 6.30. The minimum absolute atomic E-state index is 0.197.